The standard InChI is InChI=1S/C23H27N5O2S2/c1-16-22(31-23(26-16)27-17(2)29)32(24,30)25-14-7-15-28-20-10-5-3-8-18(20)12-13-19-9-4-6-11-21(19)28/h3-6,8-11H,7,12-15H2,1-2H3,(H2,24,25,30)(H,26,27,29). The lowest BCUT2D eigenvalue weighted by Gasteiger charge is -2.27. The minimum Gasteiger partial charge on any atom is -0.341 e. The number of hydrogen-bond donors (Lipinski definition) is 3. The van der Waals surface area contributed by atoms with E-state index in [0.717, 1.165) is 37.1 Å². The smallest absolute Gasteiger partial charge is 0.223 e. The Kier molecular flexibility index (Phi) is 6.59. The van der Waals surface area contributed by atoms with Gasteiger partial charge in [0.2, 0.25) is 5.91 Å². The summed E-state index contributed by atoms with van der Waals surface area (Å²) in [7, 11) is -3.20. The molecule has 4 rings (SSSR count). The van der Waals surface area contributed by atoms with Crippen LogP contribution in [0, 0.1) is 11.7 Å². The molecule has 0 spiro atoms. The molecule has 3 aromatic rings. The maximum Gasteiger partial charge on any atom is 0.223 e. The van der Waals surface area contributed by atoms with Gasteiger partial charge in [0.1, 0.15) is 14.1 Å². The molecule has 0 radical (unpaired) electrons. The third kappa shape index (κ3) is 4.85. The number of thiazole rings is 1. The lowest BCUT2D eigenvalue weighted by Crippen LogP contribution is -2.27. The molecular weight excluding hydrogens is 442 g/mol. The van der Waals surface area contributed by atoms with Crippen molar-refractivity contribution in [1.29, 1.82) is 4.78 Å². The maximum atomic E-state index is 13.0. The van der Waals surface area contributed by atoms with E-state index in [1.165, 1.54) is 29.4 Å². The summed E-state index contributed by atoms with van der Waals surface area (Å²) in [6.45, 7) is 4.27. The van der Waals surface area contributed by atoms with E-state index < -0.39 is 9.92 Å². The predicted molar refractivity (Wildman–Crippen MR) is 130 cm³/mol. The van der Waals surface area contributed by atoms with Crippen molar-refractivity contribution in [3.63, 3.8) is 0 Å². The highest BCUT2D eigenvalue weighted by Gasteiger charge is 2.21. The molecule has 1 atom stereocenters. The van der Waals surface area contributed by atoms with Crippen LogP contribution in [0.4, 0.5) is 16.5 Å². The van der Waals surface area contributed by atoms with Crippen LogP contribution in [0.2, 0.25) is 0 Å². The Labute approximate surface area is 193 Å². The van der Waals surface area contributed by atoms with Gasteiger partial charge < -0.3 is 10.2 Å². The third-order valence-electron chi connectivity index (χ3n) is 5.39. The first-order valence-corrected chi connectivity index (χ1v) is 12.9. The Morgan fingerprint density at radius 3 is 2.31 bits per heavy atom. The first kappa shape index (κ1) is 22.4. The number of carbonyl (C=O) groups is 1. The lowest BCUT2D eigenvalue weighted by molar-refractivity contribution is -0.114. The second-order valence-electron chi connectivity index (χ2n) is 7.79. The van der Waals surface area contributed by atoms with Crippen LogP contribution in [0.15, 0.2) is 52.7 Å². The molecule has 0 saturated heterocycles. The van der Waals surface area contributed by atoms with Crippen molar-refractivity contribution in [2.45, 2.75) is 37.3 Å². The summed E-state index contributed by atoms with van der Waals surface area (Å²) in [4.78, 5) is 17.8. The first-order chi connectivity index (χ1) is 15.3. The van der Waals surface area contributed by atoms with E-state index >= 15 is 0 Å². The number of anilines is 3. The summed E-state index contributed by atoms with van der Waals surface area (Å²) < 4.78 is 24.6. The zero-order chi connectivity index (χ0) is 22.7. The topological polar surface area (TPSA) is 98.2 Å². The zero-order valence-corrected chi connectivity index (χ0v) is 19.8. The summed E-state index contributed by atoms with van der Waals surface area (Å²) in [5.74, 6) is -0.243. The molecule has 168 valence electrons. The number of para-hydroxylation sites is 2. The van der Waals surface area contributed by atoms with Crippen LogP contribution in [0.3, 0.4) is 0 Å². The van der Waals surface area contributed by atoms with Crippen molar-refractivity contribution < 1.29 is 9.00 Å². The predicted octanol–water partition coefficient (Wildman–Crippen LogP) is 4.65. The minimum atomic E-state index is -3.20. The Morgan fingerprint density at radius 2 is 1.72 bits per heavy atom. The number of nitrogens with one attached hydrogen (secondary N) is 3. The Hall–Kier alpha value is -2.75. The molecule has 9 heteroatoms. The van der Waals surface area contributed by atoms with Crippen molar-refractivity contribution in [3.05, 3.63) is 65.4 Å². The van der Waals surface area contributed by atoms with E-state index in [0.29, 0.717) is 21.6 Å². The molecule has 2 heterocycles. The fourth-order valence-corrected chi connectivity index (χ4v) is 6.64. The van der Waals surface area contributed by atoms with Crippen LogP contribution in [0.5, 0.6) is 0 Å². The van der Waals surface area contributed by atoms with Gasteiger partial charge in [-0.3, -0.25) is 4.79 Å². The van der Waals surface area contributed by atoms with E-state index in [1.54, 1.807) is 6.92 Å². The normalized spacial score (nSPS) is 14.8. The third-order valence-corrected chi connectivity index (χ3v) is 8.64. The number of rotatable bonds is 7. The summed E-state index contributed by atoms with van der Waals surface area (Å²) >= 11 is 1.09. The Balaban J connectivity index is 1.46. The number of carbonyl (C=O) groups excluding carboxylic acids is 1. The van der Waals surface area contributed by atoms with Gasteiger partial charge in [0.25, 0.3) is 0 Å². The monoisotopic (exact) mass is 469 g/mol. The molecule has 1 aromatic heterocycles. The number of aromatic nitrogens is 1. The first-order valence-electron chi connectivity index (χ1n) is 10.6. The molecule has 0 bridgehead atoms. The van der Waals surface area contributed by atoms with Crippen molar-refractivity contribution in [2.75, 3.05) is 23.3 Å². The molecule has 1 amide bonds. The van der Waals surface area contributed by atoms with Crippen LogP contribution < -0.4 is 14.9 Å². The highest BCUT2D eigenvalue weighted by atomic mass is 32.2. The van der Waals surface area contributed by atoms with Gasteiger partial charge in [0.15, 0.2) is 5.13 Å². The molecule has 1 unspecified atom stereocenters. The van der Waals surface area contributed by atoms with Crippen LogP contribution in [-0.2, 0) is 27.6 Å². The summed E-state index contributed by atoms with van der Waals surface area (Å²) in [6, 6.07) is 17.0. The van der Waals surface area contributed by atoms with E-state index in [1.807, 2.05) is 0 Å². The maximum absolute atomic E-state index is 13.0. The Morgan fingerprint density at radius 1 is 1.12 bits per heavy atom. The van der Waals surface area contributed by atoms with Gasteiger partial charge in [0.05, 0.1) is 5.69 Å². The fraction of sp³-hybridized carbons (Fsp3) is 0.304. The lowest BCUT2D eigenvalue weighted by atomic mass is 10.0. The SMILES string of the molecule is CC(=O)Nc1nc(C)c(S(=N)(=O)NCCCN2c3ccccc3CCc3ccccc32)s1. The summed E-state index contributed by atoms with van der Waals surface area (Å²) in [5, 5.41) is 2.96. The molecular formula is C23H27N5O2S2. The van der Waals surface area contributed by atoms with Crippen molar-refractivity contribution in [1.82, 2.24) is 9.71 Å². The highest BCUT2D eigenvalue weighted by Crippen LogP contribution is 2.36. The average molecular weight is 470 g/mol. The second kappa shape index (κ2) is 9.40. The van der Waals surface area contributed by atoms with Gasteiger partial charge in [-0.05, 0) is 49.4 Å². The van der Waals surface area contributed by atoms with E-state index in [2.05, 4.69) is 68.5 Å². The molecule has 1 aliphatic rings. The molecule has 0 aliphatic carbocycles. The Bertz CT molecular complexity index is 1190. The van der Waals surface area contributed by atoms with Gasteiger partial charge >= 0.3 is 0 Å². The largest absolute Gasteiger partial charge is 0.341 e. The van der Waals surface area contributed by atoms with Crippen LogP contribution in [0.1, 0.15) is 30.2 Å². The van der Waals surface area contributed by atoms with E-state index in [9.17, 15) is 9.00 Å². The molecule has 32 heavy (non-hydrogen) atoms. The van der Waals surface area contributed by atoms with Gasteiger partial charge in [-0.1, -0.05) is 47.7 Å². The second-order valence-corrected chi connectivity index (χ2v) is 10.9. The number of fused-ring (bicyclic) bond motifs is 2. The molecule has 0 fully saturated rings. The molecule has 1 aliphatic heterocycles. The zero-order valence-electron chi connectivity index (χ0n) is 18.2. The van der Waals surface area contributed by atoms with Crippen LogP contribution in [-0.4, -0.2) is 28.2 Å². The fourth-order valence-electron chi connectivity index (χ4n) is 3.98. The molecule has 3 N–H and O–H groups in total. The van der Waals surface area contributed by atoms with Crippen molar-refractivity contribution in [2.24, 2.45) is 0 Å². The summed E-state index contributed by atoms with van der Waals surface area (Å²) in [6.07, 6.45) is 2.72. The minimum absolute atomic E-state index is 0.243. The number of nitrogens with zero attached hydrogens (tertiary/aromatic N) is 2. The van der Waals surface area contributed by atoms with Gasteiger partial charge in [-0.2, -0.15) is 0 Å². The van der Waals surface area contributed by atoms with Crippen LogP contribution in [0.25, 0.3) is 0 Å². The van der Waals surface area contributed by atoms with E-state index in [4.69, 9.17) is 4.78 Å². The van der Waals surface area contributed by atoms with Gasteiger partial charge in [-0.25, -0.2) is 18.7 Å². The summed E-state index contributed by atoms with van der Waals surface area (Å²) in [5.41, 5.74) is 5.57. The molecule has 2 aromatic carbocycles. The number of hydrogen-bond acceptors (Lipinski definition) is 6. The quantitative estimate of drug-likeness (QED) is 0.439. The molecule has 0 saturated carbocycles. The number of amides is 1. The van der Waals surface area contributed by atoms with Gasteiger partial charge in [0, 0.05) is 31.4 Å². The van der Waals surface area contributed by atoms with Crippen LogP contribution >= 0.6 is 11.3 Å². The van der Waals surface area contributed by atoms with Gasteiger partial charge in [-0.15, -0.1) is 0 Å². The number of aryl methyl sites for hydroxylation is 3. The molecule has 7 nitrogen and oxygen atoms in total. The highest BCUT2D eigenvalue weighted by molar-refractivity contribution is 7.92. The number of benzene rings is 2. The van der Waals surface area contributed by atoms with Crippen molar-refractivity contribution >= 4 is 43.7 Å². The average Bonchev–Trinajstić information content (AvgIpc) is 3.05. The van der Waals surface area contributed by atoms with E-state index in [-0.39, 0.29) is 5.91 Å². The van der Waals surface area contributed by atoms with Crippen molar-refractivity contribution in [3.8, 4) is 0 Å².